The van der Waals surface area contributed by atoms with Crippen molar-refractivity contribution in [2.75, 3.05) is 7.05 Å². The van der Waals surface area contributed by atoms with Gasteiger partial charge in [-0.15, -0.1) is 24.0 Å². The van der Waals surface area contributed by atoms with Crippen LogP contribution in [0.15, 0.2) is 40.1 Å². The Morgan fingerprint density at radius 2 is 2.35 bits per heavy atom. The Bertz CT molecular complexity index is 511. The Morgan fingerprint density at radius 1 is 1.53 bits per heavy atom. The van der Waals surface area contributed by atoms with Crippen LogP contribution in [0.2, 0.25) is 0 Å². The van der Waals surface area contributed by atoms with Gasteiger partial charge in [-0.05, 0) is 18.2 Å². The third-order valence-corrected chi connectivity index (χ3v) is 3.24. The van der Waals surface area contributed by atoms with Crippen molar-refractivity contribution in [2.45, 2.75) is 11.4 Å². The van der Waals surface area contributed by atoms with Crippen molar-refractivity contribution < 1.29 is 4.79 Å². The Morgan fingerprint density at radius 3 is 3.00 bits per heavy atom. The highest BCUT2D eigenvalue weighted by Gasteiger charge is 2.12. The average Bonchev–Trinajstić information content (AvgIpc) is 2.80. The van der Waals surface area contributed by atoms with E-state index in [2.05, 4.69) is 17.6 Å². The van der Waals surface area contributed by atoms with E-state index in [1.165, 1.54) is 11.3 Å². The van der Waals surface area contributed by atoms with Crippen molar-refractivity contribution in [1.29, 1.82) is 0 Å². The van der Waals surface area contributed by atoms with Gasteiger partial charge < -0.3 is 4.90 Å². The lowest BCUT2D eigenvalue weighted by molar-refractivity contribution is 0.0783. The predicted molar refractivity (Wildman–Crippen MR) is 71.6 cm³/mol. The van der Waals surface area contributed by atoms with Crippen LogP contribution in [0.25, 0.3) is 0 Å². The minimum atomic E-state index is -0.0195. The molecule has 0 aliphatic carbocycles. The number of thiol groups is 1. The lowest BCUT2D eigenvalue weighted by atomic mass is 10.2. The molecular weight excluding hydrogens is 252 g/mol. The summed E-state index contributed by atoms with van der Waals surface area (Å²) in [5, 5.41) is 1.94. The van der Waals surface area contributed by atoms with Gasteiger partial charge in [0.25, 0.3) is 5.91 Å². The monoisotopic (exact) mass is 264 g/mol. The number of carbonyl (C=O) groups is 1. The van der Waals surface area contributed by atoms with Gasteiger partial charge in [0.15, 0.2) is 0 Å². The Hall–Kier alpha value is -1.33. The Kier molecular flexibility index (Phi) is 3.81. The fraction of sp³-hybridized carbons (Fsp3) is 0.167. The van der Waals surface area contributed by atoms with E-state index >= 15 is 0 Å². The number of hydrogen-bond acceptors (Lipinski definition) is 4. The fourth-order valence-corrected chi connectivity index (χ4v) is 2.26. The lowest BCUT2D eigenvalue weighted by Gasteiger charge is -2.16. The molecule has 0 aliphatic heterocycles. The van der Waals surface area contributed by atoms with Crippen molar-refractivity contribution in [3.63, 3.8) is 0 Å². The summed E-state index contributed by atoms with van der Waals surface area (Å²) in [6.45, 7) is 0.527. The number of nitrogens with zero attached hydrogens (tertiary/aromatic N) is 2. The van der Waals surface area contributed by atoms with Gasteiger partial charge in [-0.1, -0.05) is 6.07 Å². The molecule has 1 heterocycles. The Balaban J connectivity index is 2.09. The summed E-state index contributed by atoms with van der Waals surface area (Å²) in [4.78, 5) is 18.7. The number of aromatic nitrogens is 1. The Labute approximate surface area is 110 Å². The summed E-state index contributed by atoms with van der Waals surface area (Å²) >= 11 is 5.76. The maximum absolute atomic E-state index is 12.1. The molecule has 0 fully saturated rings. The third kappa shape index (κ3) is 3.08. The zero-order chi connectivity index (χ0) is 12.3. The summed E-state index contributed by atoms with van der Waals surface area (Å²) in [5.41, 5.74) is 3.32. The minimum absolute atomic E-state index is 0.0195. The maximum atomic E-state index is 12.1. The van der Waals surface area contributed by atoms with E-state index in [4.69, 9.17) is 0 Å². The zero-order valence-corrected chi connectivity index (χ0v) is 11.0. The highest BCUT2D eigenvalue weighted by Crippen LogP contribution is 2.12. The quantitative estimate of drug-likeness (QED) is 0.865. The van der Waals surface area contributed by atoms with Gasteiger partial charge >= 0.3 is 0 Å². The van der Waals surface area contributed by atoms with E-state index in [0.717, 1.165) is 10.6 Å². The molecule has 0 aliphatic rings. The van der Waals surface area contributed by atoms with E-state index in [9.17, 15) is 4.79 Å². The molecule has 0 N–H and O–H groups in total. The van der Waals surface area contributed by atoms with Crippen molar-refractivity contribution in [3.8, 4) is 0 Å². The van der Waals surface area contributed by atoms with Gasteiger partial charge in [0.05, 0.1) is 17.7 Å². The molecule has 0 unspecified atom stereocenters. The second kappa shape index (κ2) is 5.33. The first-order valence-electron chi connectivity index (χ1n) is 5.08. The number of rotatable bonds is 3. The molecule has 2 aromatic rings. The summed E-state index contributed by atoms with van der Waals surface area (Å²) in [6, 6.07) is 7.23. The van der Waals surface area contributed by atoms with Crippen molar-refractivity contribution >= 4 is 29.9 Å². The largest absolute Gasteiger partial charge is 0.336 e. The first kappa shape index (κ1) is 12.1. The molecule has 2 rings (SSSR count). The van der Waals surface area contributed by atoms with Gasteiger partial charge in [0.2, 0.25) is 0 Å². The number of benzene rings is 1. The average molecular weight is 264 g/mol. The zero-order valence-electron chi connectivity index (χ0n) is 9.33. The SMILES string of the molecule is CN(Cc1cscn1)C(=O)c1cccc(S)c1. The van der Waals surface area contributed by atoms with Crippen LogP contribution in [0.5, 0.6) is 0 Å². The molecule has 0 saturated carbocycles. The molecule has 0 atom stereocenters. The predicted octanol–water partition coefficient (Wildman–Crippen LogP) is 2.70. The highest BCUT2D eigenvalue weighted by molar-refractivity contribution is 7.80. The second-order valence-corrected chi connectivity index (χ2v) is 4.93. The van der Waals surface area contributed by atoms with Crippen LogP contribution in [0.4, 0.5) is 0 Å². The topological polar surface area (TPSA) is 33.2 Å². The summed E-state index contributed by atoms with van der Waals surface area (Å²) < 4.78 is 0. The maximum Gasteiger partial charge on any atom is 0.253 e. The van der Waals surface area contributed by atoms with E-state index in [1.807, 2.05) is 17.5 Å². The van der Waals surface area contributed by atoms with E-state index in [-0.39, 0.29) is 5.91 Å². The molecule has 1 amide bonds. The molecule has 1 aromatic heterocycles. The molecule has 1 aromatic carbocycles. The van der Waals surface area contributed by atoms with Crippen LogP contribution in [0.1, 0.15) is 16.1 Å². The number of amides is 1. The fourth-order valence-electron chi connectivity index (χ4n) is 1.49. The van der Waals surface area contributed by atoms with Crippen LogP contribution >= 0.6 is 24.0 Å². The summed E-state index contributed by atoms with van der Waals surface area (Å²) in [5.74, 6) is -0.0195. The first-order chi connectivity index (χ1) is 8.16. The van der Waals surface area contributed by atoms with Crippen LogP contribution in [0.3, 0.4) is 0 Å². The van der Waals surface area contributed by atoms with E-state index < -0.39 is 0 Å². The standard InChI is InChI=1S/C12H12N2OS2/c1-14(6-10-7-17-8-13-10)12(15)9-3-2-4-11(16)5-9/h2-5,7-8,16H,6H2,1H3. The van der Waals surface area contributed by atoms with E-state index in [0.29, 0.717) is 12.1 Å². The third-order valence-electron chi connectivity index (χ3n) is 2.32. The molecule has 0 bridgehead atoms. The number of hydrogen-bond donors (Lipinski definition) is 1. The lowest BCUT2D eigenvalue weighted by Crippen LogP contribution is -2.26. The summed E-state index contributed by atoms with van der Waals surface area (Å²) in [7, 11) is 1.77. The second-order valence-electron chi connectivity index (χ2n) is 3.69. The molecule has 17 heavy (non-hydrogen) atoms. The van der Waals surface area contributed by atoms with Gasteiger partial charge in [-0.25, -0.2) is 4.98 Å². The number of thiazole rings is 1. The minimum Gasteiger partial charge on any atom is -0.336 e. The first-order valence-corrected chi connectivity index (χ1v) is 6.47. The summed E-state index contributed by atoms with van der Waals surface area (Å²) in [6.07, 6.45) is 0. The van der Waals surface area contributed by atoms with Gasteiger partial charge in [0.1, 0.15) is 0 Å². The van der Waals surface area contributed by atoms with Crippen LogP contribution in [-0.2, 0) is 6.54 Å². The molecule has 0 radical (unpaired) electrons. The highest BCUT2D eigenvalue weighted by atomic mass is 32.1. The van der Waals surface area contributed by atoms with Crippen LogP contribution in [0, 0.1) is 0 Å². The molecular formula is C12H12N2OS2. The van der Waals surface area contributed by atoms with Crippen LogP contribution in [-0.4, -0.2) is 22.8 Å². The molecule has 0 spiro atoms. The molecule has 88 valence electrons. The van der Waals surface area contributed by atoms with Crippen molar-refractivity contribution in [2.24, 2.45) is 0 Å². The van der Waals surface area contributed by atoms with Crippen molar-refractivity contribution in [1.82, 2.24) is 9.88 Å². The number of carbonyl (C=O) groups excluding carboxylic acids is 1. The smallest absolute Gasteiger partial charge is 0.253 e. The normalized spacial score (nSPS) is 10.2. The van der Waals surface area contributed by atoms with Gasteiger partial charge in [0, 0.05) is 22.9 Å². The molecule has 0 saturated heterocycles. The van der Waals surface area contributed by atoms with Gasteiger partial charge in [-0.3, -0.25) is 4.79 Å². The van der Waals surface area contributed by atoms with Crippen molar-refractivity contribution in [3.05, 3.63) is 46.4 Å². The molecule has 3 nitrogen and oxygen atoms in total. The van der Waals surface area contributed by atoms with E-state index in [1.54, 1.807) is 29.6 Å². The van der Waals surface area contributed by atoms with Gasteiger partial charge in [-0.2, -0.15) is 0 Å². The molecule has 5 heteroatoms. The van der Waals surface area contributed by atoms with Crippen LogP contribution < -0.4 is 0 Å².